The highest BCUT2D eigenvalue weighted by atomic mass is 15.1. The summed E-state index contributed by atoms with van der Waals surface area (Å²) in [5, 5.41) is 0. The van der Waals surface area contributed by atoms with E-state index in [4.69, 9.17) is 6.58 Å². The zero-order valence-electron chi connectivity index (χ0n) is 25.8. The van der Waals surface area contributed by atoms with Crippen LogP contribution >= 0.6 is 0 Å². The van der Waals surface area contributed by atoms with Crippen molar-refractivity contribution < 1.29 is 0 Å². The summed E-state index contributed by atoms with van der Waals surface area (Å²) in [7, 11) is 4.17. The van der Waals surface area contributed by atoms with Crippen LogP contribution in [-0.2, 0) is 6.54 Å². The third-order valence-electron chi connectivity index (χ3n) is 10.4. The minimum Gasteiger partial charge on any atom is -0.378 e. The first-order valence-electron chi connectivity index (χ1n) is 15.5. The average molecular weight is 533 g/mol. The molecule has 0 radical (unpaired) electrons. The lowest BCUT2D eigenvalue weighted by molar-refractivity contribution is 0.177. The molecule has 2 fully saturated rings. The zero-order valence-corrected chi connectivity index (χ0v) is 25.8. The maximum atomic E-state index is 4.73. The average Bonchev–Trinajstić information content (AvgIpc) is 3.18. The summed E-state index contributed by atoms with van der Waals surface area (Å²) in [6.45, 7) is 16.0. The molecular weight excluding hydrogens is 483 g/mol. The van der Waals surface area contributed by atoms with E-state index in [0.29, 0.717) is 23.5 Å². The molecule has 40 heavy (non-hydrogen) atoms. The Kier molecular flexibility index (Phi) is 8.23. The van der Waals surface area contributed by atoms with E-state index in [1.54, 1.807) is 0 Å². The van der Waals surface area contributed by atoms with E-state index in [-0.39, 0.29) is 0 Å². The molecule has 0 aromatic heterocycles. The van der Waals surface area contributed by atoms with Gasteiger partial charge in [0, 0.05) is 37.7 Å². The number of rotatable bonds is 8. The summed E-state index contributed by atoms with van der Waals surface area (Å²) in [5.74, 6) is 0.580. The zero-order chi connectivity index (χ0) is 28.5. The Labute approximate surface area is 244 Å². The van der Waals surface area contributed by atoms with E-state index in [0.717, 1.165) is 6.54 Å². The molecule has 1 saturated carbocycles. The van der Waals surface area contributed by atoms with Crippen LogP contribution < -0.4 is 15.3 Å². The van der Waals surface area contributed by atoms with Crippen molar-refractivity contribution in [1.82, 2.24) is 0 Å². The largest absolute Gasteiger partial charge is 0.378 e. The number of nitrogens with zero attached hydrogens (tertiary/aromatic N) is 2. The molecule has 3 aromatic rings. The predicted octanol–water partition coefficient (Wildman–Crippen LogP) is 9.29. The van der Waals surface area contributed by atoms with Crippen molar-refractivity contribution in [2.24, 2.45) is 16.7 Å². The summed E-state index contributed by atoms with van der Waals surface area (Å²) in [6.07, 6.45) is 9.05. The van der Waals surface area contributed by atoms with Crippen LogP contribution in [-0.4, -0.2) is 20.8 Å². The maximum Gasteiger partial charge on any atom is 0.177 e. The standard InChI is InChI=1S/C37H49BN2/c1-28(30-12-9-8-10-13-30)40(35-15-11-14-33(24-35)38-26-36(2,3)37(4,5)27-38)25-29-16-18-31(19-17-29)32-20-22-34(23-21-32)39(6)7/h11,14-24,30H,1,8-10,12-13,25-27H2,2-7H3. The molecule has 0 bridgehead atoms. The van der Waals surface area contributed by atoms with Crippen molar-refractivity contribution in [3.8, 4) is 11.1 Å². The third kappa shape index (κ3) is 6.04. The van der Waals surface area contributed by atoms with Crippen LogP contribution in [0.4, 0.5) is 11.4 Å². The van der Waals surface area contributed by atoms with Gasteiger partial charge < -0.3 is 9.80 Å². The van der Waals surface area contributed by atoms with Crippen molar-refractivity contribution in [1.29, 1.82) is 0 Å². The summed E-state index contributed by atoms with van der Waals surface area (Å²) in [5.41, 5.74) is 9.89. The van der Waals surface area contributed by atoms with Crippen LogP contribution in [0.5, 0.6) is 0 Å². The number of hydrogen-bond acceptors (Lipinski definition) is 2. The highest BCUT2D eigenvalue weighted by molar-refractivity contribution is 6.74. The third-order valence-corrected chi connectivity index (χ3v) is 10.4. The van der Waals surface area contributed by atoms with Crippen LogP contribution in [0.25, 0.3) is 11.1 Å². The minimum absolute atomic E-state index is 0.355. The van der Waals surface area contributed by atoms with Gasteiger partial charge in [-0.1, -0.05) is 120 Å². The van der Waals surface area contributed by atoms with Gasteiger partial charge in [0.05, 0.1) is 0 Å². The second kappa shape index (κ2) is 11.5. The van der Waals surface area contributed by atoms with E-state index in [1.807, 2.05) is 0 Å². The lowest BCUT2D eigenvalue weighted by Gasteiger charge is -2.35. The fraction of sp³-hybridized carbons (Fsp3) is 0.459. The van der Waals surface area contributed by atoms with Crippen LogP contribution in [0.3, 0.4) is 0 Å². The fourth-order valence-corrected chi connectivity index (χ4v) is 6.99. The van der Waals surface area contributed by atoms with Crippen molar-refractivity contribution in [3.05, 3.63) is 90.6 Å². The maximum absolute atomic E-state index is 4.73. The molecule has 0 N–H and O–H groups in total. The summed E-state index contributed by atoms with van der Waals surface area (Å²) >= 11 is 0. The summed E-state index contributed by atoms with van der Waals surface area (Å²) in [6, 6.07) is 27.4. The van der Waals surface area contributed by atoms with Crippen molar-refractivity contribution in [2.45, 2.75) is 79.0 Å². The van der Waals surface area contributed by atoms with Gasteiger partial charge in [0.1, 0.15) is 0 Å². The van der Waals surface area contributed by atoms with Crippen LogP contribution in [0.1, 0.15) is 65.4 Å². The molecule has 1 aliphatic heterocycles. The molecule has 210 valence electrons. The van der Waals surface area contributed by atoms with Crippen molar-refractivity contribution >= 4 is 23.6 Å². The Hall–Kier alpha value is -2.94. The molecule has 3 aromatic carbocycles. The van der Waals surface area contributed by atoms with E-state index < -0.39 is 0 Å². The van der Waals surface area contributed by atoms with E-state index in [2.05, 4.69) is 124 Å². The van der Waals surface area contributed by atoms with Gasteiger partial charge in [-0.15, -0.1) is 0 Å². The lowest BCUT2D eigenvalue weighted by Crippen LogP contribution is -2.31. The van der Waals surface area contributed by atoms with Gasteiger partial charge in [0.15, 0.2) is 6.71 Å². The van der Waals surface area contributed by atoms with Crippen LogP contribution in [0.2, 0.25) is 12.6 Å². The van der Waals surface area contributed by atoms with Crippen molar-refractivity contribution in [3.63, 3.8) is 0 Å². The Bertz CT molecular complexity index is 1280. The van der Waals surface area contributed by atoms with Gasteiger partial charge in [-0.25, -0.2) is 0 Å². The SMILES string of the molecule is C=C(C1CCCCC1)N(Cc1ccc(-c2ccc(N(C)C)cc2)cc1)c1cccc(B2CC(C)(C)C(C)(C)C2)c1. The number of anilines is 2. The van der Waals surface area contributed by atoms with Gasteiger partial charge in [0.2, 0.25) is 0 Å². The lowest BCUT2D eigenvalue weighted by atomic mass is 9.42. The number of hydrogen-bond donors (Lipinski definition) is 0. The van der Waals surface area contributed by atoms with Crippen LogP contribution in [0, 0.1) is 16.7 Å². The molecule has 1 heterocycles. The topological polar surface area (TPSA) is 6.48 Å². The molecule has 0 atom stereocenters. The summed E-state index contributed by atoms with van der Waals surface area (Å²) < 4.78 is 0. The van der Waals surface area contributed by atoms with Crippen LogP contribution in [0.15, 0.2) is 85.1 Å². The fourth-order valence-electron chi connectivity index (χ4n) is 6.99. The van der Waals surface area contributed by atoms with E-state index >= 15 is 0 Å². The monoisotopic (exact) mass is 532 g/mol. The molecule has 0 amide bonds. The van der Waals surface area contributed by atoms with Gasteiger partial charge in [-0.3, -0.25) is 0 Å². The predicted molar refractivity (Wildman–Crippen MR) is 177 cm³/mol. The van der Waals surface area contributed by atoms with E-state index in [1.165, 1.54) is 84.0 Å². The van der Waals surface area contributed by atoms with E-state index in [9.17, 15) is 0 Å². The molecule has 0 spiro atoms. The second-order valence-electron chi connectivity index (χ2n) is 14.0. The Morgan fingerprint density at radius 2 is 1.35 bits per heavy atom. The first-order valence-corrected chi connectivity index (χ1v) is 15.5. The molecule has 3 heteroatoms. The van der Waals surface area contributed by atoms with Gasteiger partial charge >= 0.3 is 0 Å². The van der Waals surface area contributed by atoms with Gasteiger partial charge in [0.25, 0.3) is 0 Å². The molecule has 5 rings (SSSR count). The Balaban J connectivity index is 1.41. The first-order chi connectivity index (χ1) is 19.0. The normalized spacial score (nSPS) is 18.5. The number of allylic oxidation sites excluding steroid dienone is 1. The highest BCUT2D eigenvalue weighted by Crippen LogP contribution is 2.52. The molecule has 2 nitrogen and oxygen atoms in total. The number of benzene rings is 3. The first kappa shape index (κ1) is 28.6. The highest BCUT2D eigenvalue weighted by Gasteiger charge is 2.48. The molecule has 1 saturated heterocycles. The molecular formula is C37H49BN2. The smallest absolute Gasteiger partial charge is 0.177 e. The Morgan fingerprint density at radius 3 is 1.93 bits per heavy atom. The van der Waals surface area contributed by atoms with Gasteiger partial charge in [-0.05, 0) is 70.5 Å². The quantitative estimate of drug-likeness (QED) is 0.267. The molecule has 0 unspecified atom stereocenters. The minimum atomic E-state index is 0.355. The molecule has 1 aliphatic carbocycles. The summed E-state index contributed by atoms with van der Waals surface area (Å²) in [4.78, 5) is 4.68. The van der Waals surface area contributed by atoms with Gasteiger partial charge in [-0.2, -0.15) is 0 Å². The van der Waals surface area contributed by atoms with Crippen molar-refractivity contribution in [2.75, 3.05) is 23.9 Å². The Morgan fingerprint density at radius 1 is 0.775 bits per heavy atom. The second-order valence-corrected chi connectivity index (χ2v) is 14.0. The molecule has 2 aliphatic rings.